The molecule has 0 saturated heterocycles. The summed E-state index contributed by atoms with van der Waals surface area (Å²) in [6.07, 6.45) is 0. The number of aliphatic hydroxyl groups is 1. The highest BCUT2D eigenvalue weighted by Crippen LogP contribution is 2.33. The van der Waals surface area contributed by atoms with E-state index in [1.54, 1.807) is 11.3 Å². The van der Waals surface area contributed by atoms with Gasteiger partial charge in [-0.25, -0.2) is 0 Å². The maximum absolute atomic E-state index is 9.87. The zero-order valence-corrected chi connectivity index (χ0v) is 9.48. The molecular formula is C12H14OS. The van der Waals surface area contributed by atoms with Crippen LogP contribution in [0.25, 0.3) is 10.1 Å². The van der Waals surface area contributed by atoms with Crippen LogP contribution in [-0.2, 0) is 5.60 Å². The molecule has 1 N–H and O–H groups in total. The second-order valence-corrected chi connectivity index (χ2v) is 5.29. The summed E-state index contributed by atoms with van der Waals surface area (Å²) in [5.41, 5.74) is 0.541. The molecule has 14 heavy (non-hydrogen) atoms. The third kappa shape index (κ3) is 1.68. The summed E-state index contributed by atoms with van der Waals surface area (Å²) < 4.78 is 1.25. The van der Waals surface area contributed by atoms with Crippen molar-refractivity contribution in [3.63, 3.8) is 0 Å². The lowest BCUT2D eigenvalue weighted by atomic mass is 10.1. The summed E-state index contributed by atoms with van der Waals surface area (Å²) in [6, 6.07) is 8.44. The van der Waals surface area contributed by atoms with Gasteiger partial charge in [0.25, 0.3) is 0 Å². The molecule has 0 fully saturated rings. The van der Waals surface area contributed by atoms with Gasteiger partial charge in [0.2, 0.25) is 0 Å². The smallest absolute Gasteiger partial charge is 0.0932 e. The maximum Gasteiger partial charge on any atom is 0.0932 e. The molecule has 0 amide bonds. The number of hydrogen-bond acceptors (Lipinski definition) is 2. The molecule has 0 spiro atoms. The molecule has 1 nitrogen and oxygen atoms in total. The second kappa shape index (κ2) is 3.07. The lowest BCUT2D eigenvalue weighted by Crippen LogP contribution is -2.12. The van der Waals surface area contributed by atoms with Crippen molar-refractivity contribution in [2.75, 3.05) is 0 Å². The van der Waals surface area contributed by atoms with Crippen molar-refractivity contribution in [3.8, 4) is 0 Å². The first-order valence-electron chi connectivity index (χ1n) is 4.70. The fourth-order valence-electron chi connectivity index (χ4n) is 1.44. The van der Waals surface area contributed by atoms with Crippen LogP contribution in [0.1, 0.15) is 24.3 Å². The molecule has 0 radical (unpaired) electrons. The van der Waals surface area contributed by atoms with E-state index in [1.165, 1.54) is 15.6 Å². The van der Waals surface area contributed by atoms with E-state index >= 15 is 0 Å². The van der Waals surface area contributed by atoms with Gasteiger partial charge in [-0.05, 0) is 43.9 Å². The minimum Gasteiger partial charge on any atom is -0.385 e. The van der Waals surface area contributed by atoms with E-state index in [-0.39, 0.29) is 0 Å². The predicted octanol–water partition coefficient (Wildman–Crippen LogP) is 3.44. The Morgan fingerprint density at radius 2 is 1.93 bits per heavy atom. The topological polar surface area (TPSA) is 20.2 Å². The summed E-state index contributed by atoms with van der Waals surface area (Å²) in [6.45, 7) is 5.73. The molecule has 0 aliphatic heterocycles. The standard InChI is InChI=1S/C12H14OS/c1-8-4-5-9-7-11(12(2,3)13)14-10(9)6-8/h4-7,13H,1-3H3. The van der Waals surface area contributed by atoms with E-state index in [1.807, 2.05) is 13.8 Å². The molecule has 0 unspecified atom stereocenters. The molecule has 1 heterocycles. The molecule has 0 saturated carbocycles. The van der Waals surface area contributed by atoms with Crippen molar-refractivity contribution in [2.45, 2.75) is 26.4 Å². The summed E-state index contributed by atoms with van der Waals surface area (Å²) in [7, 11) is 0. The van der Waals surface area contributed by atoms with Gasteiger partial charge < -0.3 is 5.11 Å². The lowest BCUT2D eigenvalue weighted by Gasteiger charge is -2.13. The maximum atomic E-state index is 9.87. The van der Waals surface area contributed by atoms with Crippen LogP contribution in [0, 0.1) is 6.92 Å². The minimum absolute atomic E-state index is 0.725. The van der Waals surface area contributed by atoms with Gasteiger partial charge in [0.15, 0.2) is 0 Å². The number of aryl methyl sites for hydroxylation is 1. The fourth-order valence-corrected chi connectivity index (χ4v) is 2.60. The van der Waals surface area contributed by atoms with Crippen LogP contribution in [0.4, 0.5) is 0 Å². The number of hydrogen-bond donors (Lipinski definition) is 1. The molecule has 0 aliphatic rings. The van der Waals surface area contributed by atoms with E-state index in [0.29, 0.717) is 0 Å². The van der Waals surface area contributed by atoms with E-state index in [0.717, 1.165) is 4.88 Å². The Kier molecular flexibility index (Phi) is 2.13. The Labute approximate surface area is 88.0 Å². The Balaban J connectivity index is 2.63. The van der Waals surface area contributed by atoms with Crippen molar-refractivity contribution < 1.29 is 5.11 Å². The van der Waals surface area contributed by atoms with Gasteiger partial charge in [0.05, 0.1) is 5.60 Å². The highest BCUT2D eigenvalue weighted by Gasteiger charge is 2.18. The highest BCUT2D eigenvalue weighted by atomic mass is 32.1. The van der Waals surface area contributed by atoms with E-state index in [4.69, 9.17) is 0 Å². The summed E-state index contributed by atoms with van der Waals surface area (Å²) >= 11 is 1.67. The molecule has 0 atom stereocenters. The van der Waals surface area contributed by atoms with Gasteiger partial charge >= 0.3 is 0 Å². The van der Waals surface area contributed by atoms with E-state index in [9.17, 15) is 5.11 Å². The fraction of sp³-hybridized carbons (Fsp3) is 0.333. The second-order valence-electron chi connectivity index (χ2n) is 4.21. The van der Waals surface area contributed by atoms with Crippen LogP contribution in [0.3, 0.4) is 0 Å². The first kappa shape index (κ1) is 9.69. The average molecular weight is 206 g/mol. The lowest BCUT2D eigenvalue weighted by molar-refractivity contribution is 0.0826. The van der Waals surface area contributed by atoms with Gasteiger partial charge in [-0.15, -0.1) is 11.3 Å². The zero-order chi connectivity index (χ0) is 10.3. The van der Waals surface area contributed by atoms with Crippen LogP contribution in [0.15, 0.2) is 24.3 Å². The van der Waals surface area contributed by atoms with Gasteiger partial charge in [-0.3, -0.25) is 0 Å². The van der Waals surface area contributed by atoms with Crippen LogP contribution in [0.5, 0.6) is 0 Å². The highest BCUT2D eigenvalue weighted by molar-refractivity contribution is 7.19. The monoisotopic (exact) mass is 206 g/mol. The van der Waals surface area contributed by atoms with Crippen LogP contribution in [0.2, 0.25) is 0 Å². The Bertz CT molecular complexity index is 463. The Morgan fingerprint density at radius 3 is 2.57 bits per heavy atom. The van der Waals surface area contributed by atoms with Crippen molar-refractivity contribution >= 4 is 21.4 Å². The first-order valence-corrected chi connectivity index (χ1v) is 5.51. The molecule has 1 aromatic heterocycles. The molecule has 1 aromatic carbocycles. The number of fused-ring (bicyclic) bond motifs is 1. The predicted molar refractivity (Wildman–Crippen MR) is 61.8 cm³/mol. The zero-order valence-electron chi connectivity index (χ0n) is 8.66. The van der Waals surface area contributed by atoms with E-state index in [2.05, 4.69) is 31.2 Å². The van der Waals surface area contributed by atoms with Crippen molar-refractivity contribution in [1.29, 1.82) is 0 Å². The van der Waals surface area contributed by atoms with Crippen molar-refractivity contribution in [1.82, 2.24) is 0 Å². The van der Waals surface area contributed by atoms with Gasteiger partial charge in [-0.2, -0.15) is 0 Å². The van der Waals surface area contributed by atoms with Crippen LogP contribution < -0.4 is 0 Å². The molecular weight excluding hydrogens is 192 g/mol. The summed E-state index contributed by atoms with van der Waals surface area (Å²) in [5.74, 6) is 0. The largest absolute Gasteiger partial charge is 0.385 e. The van der Waals surface area contributed by atoms with Gasteiger partial charge in [0.1, 0.15) is 0 Å². The third-order valence-corrected chi connectivity index (χ3v) is 3.69. The quantitative estimate of drug-likeness (QED) is 0.757. The van der Waals surface area contributed by atoms with Crippen LogP contribution >= 0.6 is 11.3 Å². The number of rotatable bonds is 1. The number of benzene rings is 1. The normalized spacial score (nSPS) is 12.3. The Morgan fingerprint density at radius 1 is 1.21 bits per heavy atom. The summed E-state index contributed by atoms with van der Waals surface area (Å²) in [4.78, 5) is 1.03. The average Bonchev–Trinajstić information content (AvgIpc) is 2.45. The van der Waals surface area contributed by atoms with Gasteiger partial charge in [-0.1, -0.05) is 12.1 Å². The van der Waals surface area contributed by atoms with Crippen molar-refractivity contribution in [2.24, 2.45) is 0 Å². The SMILES string of the molecule is Cc1ccc2cc(C(C)(C)O)sc2c1. The minimum atomic E-state index is -0.725. The first-order chi connectivity index (χ1) is 6.47. The molecule has 2 heteroatoms. The molecule has 0 bridgehead atoms. The Hall–Kier alpha value is -0.860. The summed E-state index contributed by atoms with van der Waals surface area (Å²) in [5, 5.41) is 11.1. The molecule has 2 aromatic rings. The molecule has 74 valence electrons. The van der Waals surface area contributed by atoms with Crippen molar-refractivity contribution in [3.05, 3.63) is 34.7 Å². The third-order valence-electron chi connectivity index (χ3n) is 2.28. The molecule has 2 rings (SSSR count). The van der Waals surface area contributed by atoms with Crippen LogP contribution in [-0.4, -0.2) is 5.11 Å². The van der Waals surface area contributed by atoms with Gasteiger partial charge in [0, 0.05) is 9.58 Å². The van der Waals surface area contributed by atoms with E-state index < -0.39 is 5.60 Å². The molecule has 0 aliphatic carbocycles. The number of thiophene rings is 1.